The third-order valence-corrected chi connectivity index (χ3v) is 9.03. The Balaban J connectivity index is 3.04. The summed E-state index contributed by atoms with van der Waals surface area (Å²) in [7, 11) is 0. The zero-order valence-electron chi connectivity index (χ0n) is 33.0. The highest BCUT2D eigenvalue weighted by Crippen LogP contribution is 2.20. The van der Waals surface area contributed by atoms with Gasteiger partial charge in [-0.05, 0) is 76.2 Å². The van der Waals surface area contributed by atoms with E-state index in [4.69, 9.17) is 28.7 Å². The minimum atomic E-state index is -1.17. The third kappa shape index (κ3) is 18.1. The summed E-state index contributed by atoms with van der Waals surface area (Å²) < 4.78 is 0. The van der Waals surface area contributed by atoms with E-state index in [2.05, 4.69) is 31.6 Å². The maximum atomic E-state index is 13.5. The molecule has 0 bridgehead atoms. The second kappa shape index (κ2) is 25.2. The number of nitrogens with zero attached hydrogens (tertiary/aromatic N) is 2. The molecule has 1 fully saturated rings. The van der Waals surface area contributed by atoms with Crippen molar-refractivity contribution in [3.63, 3.8) is 0 Å². The fraction of sp³-hybridized carbons (Fsp3) is 0.743. The van der Waals surface area contributed by atoms with Crippen LogP contribution in [0.3, 0.4) is 0 Å². The first-order valence-electron chi connectivity index (χ1n) is 19.1. The lowest BCUT2D eigenvalue weighted by atomic mass is 10.0. The predicted molar refractivity (Wildman–Crippen MR) is 207 cm³/mol. The third-order valence-electron chi connectivity index (χ3n) is 9.03. The number of carbonyl (C=O) groups excluding carboxylic acids is 7. The summed E-state index contributed by atoms with van der Waals surface area (Å²) in [5.41, 5.74) is 27.4. The SMILES string of the molecule is CC(C)C[C@H](NC(=O)[C@H](CCCN=C(N)N)NC(=O)[C@@H](N)CCC(N)=O)C(=O)NCC(=O)N[C@H](C(=O)N[C@@H](CCCCN)C(=O)N1CCC[C@H]1C(=O)O)C(C)C. The van der Waals surface area contributed by atoms with Gasteiger partial charge in [-0.25, -0.2) is 4.79 Å². The molecule has 1 heterocycles. The molecule has 6 atom stereocenters. The van der Waals surface area contributed by atoms with Crippen LogP contribution in [-0.2, 0) is 38.4 Å². The number of primary amides is 1. The van der Waals surface area contributed by atoms with Crippen molar-refractivity contribution in [1.82, 2.24) is 31.5 Å². The largest absolute Gasteiger partial charge is 0.480 e. The van der Waals surface area contributed by atoms with Gasteiger partial charge in [0, 0.05) is 19.5 Å². The Bertz CT molecular complexity index is 1390. The number of aliphatic carboxylic acids is 1. The first-order valence-corrected chi connectivity index (χ1v) is 19.1. The Morgan fingerprint density at radius 1 is 0.786 bits per heavy atom. The first-order chi connectivity index (χ1) is 26.3. The summed E-state index contributed by atoms with van der Waals surface area (Å²) in [4.78, 5) is 108. The Kier molecular flexibility index (Phi) is 22.0. The van der Waals surface area contributed by atoms with E-state index in [1.807, 2.05) is 13.8 Å². The summed E-state index contributed by atoms with van der Waals surface area (Å²) in [6.45, 7) is 7.17. The normalized spacial score (nSPS) is 16.5. The number of likely N-dealkylation sites (tertiary alicyclic amines) is 1. The van der Waals surface area contributed by atoms with Gasteiger partial charge < -0.3 is 65.3 Å². The zero-order chi connectivity index (χ0) is 42.5. The molecular formula is C35H64N12O9. The van der Waals surface area contributed by atoms with Crippen LogP contribution >= 0.6 is 0 Å². The molecule has 0 aromatic heterocycles. The molecule has 0 aromatic rings. The van der Waals surface area contributed by atoms with Gasteiger partial charge in [-0.2, -0.15) is 0 Å². The molecule has 318 valence electrons. The van der Waals surface area contributed by atoms with Gasteiger partial charge in [0.05, 0.1) is 12.6 Å². The van der Waals surface area contributed by atoms with Crippen molar-refractivity contribution < 1.29 is 43.5 Å². The van der Waals surface area contributed by atoms with Crippen molar-refractivity contribution in [3.05, 3.63) is 0 Å². The first kappa shape index (κ1) is 49.0. The number of amides is 7. The number of nitrogens with one attached hydrogen (secondary N) is 5. The van der Waals surface area contributed by atoms with E-state index in [0.717, 1.165) is 0 Å². The van der Waals surface area contributed by atoms with Crippen molar-refractivity contribution in [2.24, 2.45) is 45.5 Å². The molecule has 21 nitrogen and oxygen atoms in total. The van der Waals surface area contributed by atoms with Crippen molar-refractivity contribution >= 4 is 53.3 Å². The van der Waals surface area contributed by atoms with E-state index in [-0.39, 0.29) is 63.5 Å². The topological polar surface area (TPSA) is 363 Å². The fourth-order valence-electron chi connectivity index (χ4n) is 6.00. The number of guanidine groups is 1. The van der Waals surface area contributed by atoms with E-state index in [0.29, 0.717) is 32.2 Å². The summed E-state index contributed by atoms with van der Waals surface area (Å²) >= 11 is 0. The fourth-order valence-corrected chi connectivity index (χ4v) is 6.00. The average molecular weight is 797 g/mol. The number of aliphatic imine (C=N–C) groups is 1. The molecule has 1 aliphatic heterocycles. The van der Waals surface area contributed by atoms with Crippen molar-refractivity contribution in [2.75, 3.05) is 26.2 Å². The van der Waals surface area contributed by atoms with Crippen LogP contribution in [0.15, 0.2) is 4.99 Å². The van der Waals surface area contributed by atoms with Crippen LogP contribution in [0.25, 0.3) is 0 Å². The van der Waals surface area contributed by atoms with Crippen LogP contribution in [0, 0.1) is 11.8 Å². The molecule has 56 heavy (non-hydrogen) atoms. The summed E-state index contributed by atoms with van der Waals surface area (Å²) in [5, 5.41) is 22.6. The number of carboxylic acid groups (broad SMARTS) is 1. The van der Waals surface area contributed by atoms with Crippen LogP contribution in [0.5, 0.6) is 0 Å². The van der Waals surface area contributed by atoms with Gasteiger partial charge in [0.1, 0.15) is 30.2 Å². The average Bonchev–Trinajstić information content (AvgIpc) is 3.62. The number of rotatable bonds is 26. The molecule has 7 amide bonds. The van der Waals surface area contributed by atoms with Gasteiger partial charge in [-0.3, -0.25) is 38.6 Å². The molecule has 0 aromatic carbocycles. The van der Waals surface area contributed by atoms with E-state index in [9.17, 15) is 43.5 Å². The highest BCUT2D eigenvalue weighted by Gasteiger charge is 2.38. The van der Waals surface area contributed by atoms with Crippen LogP contribution < -0.4 is 55.3 Å². The molecule has 0 radical (unpaired) electrons. The van der Waals surface area contributed by atoms with Gasteiger partial charge in [0.2, 0.25) is 41.4 Å². The maximum Gasteiger partial charge on any atom is 0.326 e. The lowest BCUT2D eigenvalue weighted by Gasteiger charge is -2.29. The maximum absolute atomic E-state index is 13.5. The summed E-state index contributed by atoms with van der Waals surface area (Å²) in [6.07, 6.45) is 2.38. The van der Waals surface area contributed by atoms with E-state index >= 15 is 0 Å². The lowest BCUT2D eigenvalue weighted by molar-refractivity contribution is -0.149. The zero-order valence-corrected chi connectivity index (χ0v) is 33.0. The number of nitrogens with two attached hydrogens (primary N) is 5. The standard InChI is InChI=1S/C35H64N12O9/c1-19(2)17-24(45-31(52)22(10-7-15-41-35(39)40)43-29(50)21(37)12-13-26(38)48)30(51)42-18-27(49)46-28(20(3)4)32(53)44-23(9-5-6-14-36)33(54)47-16-8-11-25(47)34(55)56/h19-25,28H,5-18,36-37H2,1-4H3,(H2,38,48)(H,42,51)(H,43,50)(H,44,53)(H,45,52)(H,46,49)(H,55,56)(H4,39,40,41)/t21-,22-,23-,24-,25-,28-/m0/s1. The van der Waals surface area contributed by atoms with E-state index < -0.39 is 96.0 Å². The van der Waals surface area contributed by atoms with Crippen LogP contribution in [-0.4, -0.2) is 126 Å². The Morgan fingerprint density at radius 2 is 1.41 bits per heavy atom. The van der Waals surface area contributed by atoms with Gasteiger partial charge in [-0.15, -0.1) is 0 Å². The van der Waals surface area contributed by atoms with Gasteiger partial charge in [0.15, 0.2) is 5.96 Å². The lowest BCUT2D eigenvalue weighted by Crippen LogP contribution is -2.58. The molecule has 0 aliphatic carbocycles. The monoisotopic (exact) mass is 796 g/mol. The number of hydrogen-bond acceptors (Lipinski definition) is 11. The summed E-state index contributed by atoms with van der Waals surface area (Å²) in [6, 6.07) is -6.61. The smallest absolute Gasteiger partial charge is 0.326 e. The molecule has 1 saturated heterocycles. The number of unbranched alkanes of at least 4 members (excludes halogenated alkanes) is 1. The Morgan fingerprint density at radius 3 is 1.98 bits per heavy atom. The Hall–Kier alpha value is -5.05. The highest BCUT2D eigenvalue weighted by molar-refractivity contribution is 5.96. The van der Waals surface area contributed by atoms with Gasteiger partial charge >= 0.3 is 5.97 Å². The van der Waals surface area contributed by atoms with Crippen LogP contribution in [0.2, 0.25) is 0 Å². The van der Waals surface area contributed by atoms with Crippen molar-refractivity contribution in [1.29, 1.82) is 0 Å². The van der Waals surface area contributed by atoms with Crippen LogP contribution in [0.4, 0.5) is 0 Å². The molecule has 0 spiro atoms. The minimum Gasteiger partial charge on any atom is -0.480 e. The Labute approximate surface area is 327 Å². The number of carboxylic acids is 1. The van der Waals surface area contributed by atoms with E-state index in [1.54, 1.807) is 13.8 Å². The highest BCUT2D eigenvalue weighted by atomic mass is 16.4. The van der Waals surface area contributed by atoms with Crippen molar-refractivity contribution in [3.8, 4) is 0 Å². The number of hydrogen-bond donors (Lipinski definition) is 11. The number of carbonyl (C=O) groups is 8. The summed E-state index contributed by atoms with van der Waals surface area (Å²) in [5.74, 6) is -6.55. The molecule has 21 heteroatoms. The second-order valence-electron chi connectivity index (χ2n) is 14.7. The van der Waals surface area contributed by atoms with E-state index in [1.165, 1.54) is 4.90 Å². The minimum absolute atomic E-state index is 0.0530. The predicted octanol–water partition coefficient (Wildman–Crippen LogP) is -3.41. The van der Waals surface area contributed by atoms with Gasteiger partial charge in [-0.1, -0.05) is 27.7 Å². The molecule has 16 N–H and O–H groups in total. The second-order valence-corrected chi connectivity index (χ2v) is 14.7. The molecule has 0 unspecified atom stereocenters. The molecule has 0 saturated carbocycles. The molecule has 1 rings (SSSR count). The molecule has 1 aliphatic rings. The molecular weight excluding hydrogens is 732 g/mol. The van der Waals surface area contributed by atoms with Crippen LogP contribution in [0.1, 0.15) is 91.9 Å². The quantitative estimate of drug-likeness (QED) is 0.0231. The van der Waals surface area contributed by atoms with Gasteiger partial charge in [0.25, 0.3) is 0 Å². The van der Waals surface area contributed by atoms with Crippen molar-refractivity contribution in [2.45, 2.75) is 128 Å².